The first kappa shape index (κ1) is 11.4. The predicted molar refractivity (Wildman–Crippen MR) is 70.6 cm³/mol. The Labute approximate surface area is 108 Å². The highest BCUT2D eigenvalue weighted by Crippen LogP contribution is 2.18. The van der Waals surface area contributed by atoms with E-state index in [1.54, 1.807) is 12.3 Å². The van der Waals surface area contributed by atoms with Gasteiger partial charge < -0.3 is 4.42 Å². The Bertz CT molecular complexity index is 501. The number of halogens is 1. The van der Waals surface area contributed by atoms with Crippen molar-refractivity contribution in [2.45, 2.75) is 13.3 Å². The van der Waals surface area contributed by atoms with E-state index in [0.29, 0.717) is 12.2 Å². The Balaban J connectivity index is 2.24. The van der Waals surface area contributed by atoms with Crippen molar-refractivity contribution in [3.05, 3.63) is 57.1 Å². The number of ketones is 1. The molecule has 1 aromatic carbocycles. The van der Waals surface area contributed by atoms with Gasteiger partial charge >= 0.3 is 0 Å². The molecule has 3 heteroatoms. The Morgan fingerprint density at radius 3 is 2.81 bits per heavy atom. The first-order chi connectivity index (χ1) is 7.68. The topological polar surface area (TPSA) is 30.2 Å². The maximum Gasteiger partial charge on any atom is 0.171 e. The molecule has 2 nitrogen and oxygen atoms in total. The van der Waals surface area contributed by atoms with Crippen LogP contribution in [0.1, 0.15) is 21.7 Å². The first-order valence-corrected chi connectivity index (χ1v) is 6.07. The summed E-state index contributed by atoms with van der Waals surface area (Å²) in [6.45, 7) is 2.01. The molecule has 0 fully saturated rings. The van der Waals surface area contributed by atoms with Crippen LogP contribution in [0.3, 0.4) is 0 Å². The highest BCUT2D eigenvalue weighted by Gasteiger charge is 2.12. The van der Waals surface area contributed by atoms with Gasteiger partial charge in [-0.1, -0.05) is 18.2 Å². The number of hydrogen-bond acceptors (Lipinski definition) is 2. The van der Waals surface area contributed by atoms with Crippen molar-refractivity contribution in [3.63, 3.8) is 0 Å². The fourth-order valence-corrected chi connectivity index (χ4v) is 2.19. The summed E-state index contributed by atoms with van der Waals surface area (Å²) in [5, 5.41) is 0. The maximum absolute atomic E-state index is 12.0. The zero-order valence-corrected chi connectivity index (χ0v) is 11.0. The lowest BCUT2D eigenvalue weighted by molar-refractivity contribution is 0.0986. The molecular formula is C13H11IO2. The van der Waals surface area contributed by atoms with E-state index < -0.39 is 0 Å². The predicted octanol–water partition coefficient (Wildman–Crippen LogP) is 3.62. The van der Waals surface area contributed by atoms with Gasteiger partial charge in [-0.2, -0.15) is 0 Å². The van der Waals surface area contributed by atoms with Crippen LogP contribution in [0.2, 0.25) is 0 Å². The van der Waals surface area contributed by atoms with Crippen LogP contribution >= 0.6 is 22.6 Å². The minimum atomic E-state index is 0.100. The largest absolute Gasteiger partial charge is 0.469 e. The van der Waals surface area contributed by atoms with E-state index >= 15 is 0 Å². The van der Waals surface area contributed by atoms with Gasteiger partial charge in [-0.25, -0.2) is 0 Å². The number of carbonyl (C=O) groups excluding carboxylic acids is 1. The summed E-state index contributed by atoms with van der Waals surface area (Å²) in [7, 11) is 0. The summed E-state index contributed by atoms with van der Waals surface area (Å²) < 4.78 is 6.20. The quantitative estimate of drug-likeness (QED) is 0.637. The molecule has 0 aliphatic carbocycles. The fraction of sp³-hybridized carbons (Fsp3) is 0.154. The third kappa shape index (κ3) is 2.35. The summed E-state index contributed by atoms with van der Waals surface area (Å²) in [6, 6.07) is 9.39. The molecule has 0 amide bonds. The molecule has 0 unspecified atom stereocenters. The molecule has 2 aromatic rings. The van der Waals surface area contributed by atoms with Crippen LogP contribution in [0.15, 0.2) is 41.0 Å². The second-order valence-electron chi connectivity index (χ2n) is 3.62. The lowest BCUT2D eigenvalue weighted by Crippen LogP contribution is -2.05. The molecule has 0 bridgehead atoms. The minimum absolute atomic E-state index is 0.100. The Hall–Kier alpha value is -1.10. The van der Waals surface area contributed by atoms with Crippen LogP contribution in [-0.2, 0) is 6.42 Å². The van der Waals surface area contributed by atoms with Crippen molar-refractivity contribution in [1.29, 1.82) is 0 Å². The molecule has 0 aliphatic heterocycles. The van der Waals surface area contributed by atoms with Crippen LogP contribution in [0.25, 0.3) is 0 Å². The van der Waals surface area contributed by atoms with Gasteiger partial charge in [0.25, 0.3) is 0 Å². The van der Waals surface area contributed by atoms with E-state index in [2.05, 4.69) is 22.6 Å². The van der Waals surface area contributed by atoms with Gasteiger partial charge in [0.15, 0.2) is 5.78 Å². The van der Waals surface area contributed by atoms with Crippen LogP contribution in [0.5, 0.6) is 0 Å². The first-order valence-electron chi connectivity index (χ1n) is 4.99. The lowest BCUT2D eigenvalue weighted by Gasteiger charge is -2.04. The number of Topliss-reactive ketones (excluding diaryl/α,β-unsaturated/α-hetero) is 1. The van der Waals surface area contributed by atoms with E-state index in [9.17, 15) is 4.79 Å². The average Bonchev–Trinajstić information content (AvgIpc) is 2.74. The summed E-state index contributed by atoms with van der Waals surface area (Å²) in [6.07, 6.45) is 1.91. The number of hydrogen-bond donors (Lipinski definition) is 0. The molecule has 0 N–H and O–H groups in total. The van der Waals surface area contributed by atoms with Gasteiger partial charge in [0, 0.05) is 9.13 Å². The van der Waals surface area contributed by atoms with Gasteiger partial charge in [-0.05, 0) is 47.2 Å². The smallest absolute Gasteiger partial charge is 0.171 e. The third-order valence-electron chi connectivity index (χ3n) is 2.41. The van der Waals surface area contributed by atoms with Gasteiger partial charge in [0.05, 0.1) is 12.7 Å². The summed E-state index contributed by atoms with van der Waals surface area (Å²) >= 11 is 2.21. The Kier molecular flexibility index (Phi) is 3.43. The number of rotatable bonds is 3. The van der Waals surface area contributed by atoms with Crippen LogP contribution < -0.4 is 0 Å². The summed E-state index contributed by atoms with van der Waals surface area (Å²) in [4.78, 5) is 12.0. The molecule has 1 aromatic heterocycles. The Morgan fingerprint density at radius 2 is 2.12 bits per heavy atom. The van der Waals surface area contributed by atoms with Gasteiger partial charge in [-0.3, -0.25) is 4.79 Å². The van der Waals surface area contributed by atoms with Gasteiger partial charge in [-0.15, -0.1) is 0 Å². The maximum atomic E-state index is 12.0. The van der Waals surface area contributed by atoms with Crippen LogP contribution in [0, 0.1) is 10.5 Å². The summed E-state index contributed by atoms with van der Waals surface area (Å²) in [5.74, 6) is 0.811. The van der Waals surface area contributed by atoms with Crippen molar-refractivity contribution in [3.8, 4) is 0 Å². The van der Waals surface area contributed by atoms with Crippen molar-refractivity contribution in [2.75, 3.05) is 0 Å². The SMILES string of the molecule is Cc1cccc(C(=O)Cc2ccco2)c1I. The number of benzene rings is 1. The standard InChI is InChI=1S/C13H11IO2/c1-9-4-2-6-11(13(9)14)12(15)8-10-5-3-7-16-10/h2-7H,8H2,1H3. The second kappa shape index (κ2) is 4.82. The molecule has 1 heterocycles. The van der Waals surface area contributed by atoms with Gasteiger partial charge in [0.2, 0.25) is 0 Å². The molecule has 82 valence electrons. The number of furan rings is 1. The van der Waals surface area contributed by atoms with E-state index in [0.717, 1.165) is 14.7 Å². The third-order valence-corrected chi connectivity index (χ3v) is 3.84. The van der Waals surface area contributed by atoms with Crippen molar-refractivity contribution in [1.82, 2.24) is 0 Å². The lowest BCUT2D eigenvalue weighted by atomic mass is 10.0. The van der Waals surface area contributed by atoms with Crippen LogP contribution in [-0.4, -0.2) is 5.78 Å². The normalized spacial score (nSPS) is 10.4. The van der Waals surface area contributed by atoms with Crippen molar-refractivity contribution >= 4 is 28.4 Å². The van der Waals surface area contributed by atoms with E-state index in [1.807, 2.05) is 31.2 Å². The molecule has 2 rings (SSSR count). The molecule has 0 saturated heterocycles. The zero-order chi connectivity index (χ0) is 11.5. The van der Waals surface area contributed by atoms with E-state index in [4.69, 9.17) is 4.42 Å². The monoisotopic (exact) mass is 326 g/mol. The number of carbonyl (C=O) groups is 1. The van der Waals surface area contributed by atoms with Crippen LogP contribution in [0.4, 0.5) is 0 Å². The summed E-state index contributed by atoms with van der Waals surface area (Å²) in [5.41, 5.74) is 1.91. The van der Waals surface area contributed by atoms with E-state index in [1.165, 1.54) is 0 Å². The molecule has 0 radical (unpaired) electrons. The molecule has 0 spiro atoms. The van der Waals surface area contributed by atoms with E-state index in [-0.39, 0.29) is 5.78 Å². The van der Waals surface area contributed by atoms with Crippen molar-refractivity contribution in [2.24, 2.45) is 0 Å². The fourth-order valence-electron chi connectivity index (χ4n) is 1.53. The highest BCUT2D eigenvalue weighted by atomic mass is 127. The second-order valence-corrected chi connectivity index (χ2v) is 4.69. The molecular weight excluding hydrogens is 315 g/mol. The van der Waals surface area contributed by atoms with Gasteiger partial charge in [0.1, 0.15) is 5.76 Å². The highest BCUT2D eigenvalue weighted by molar-refractivity contribution is 14.1. The molecule has 16 heavy (non-hydrogen) atoms. The average molecular weight is 326 g/mol. The number of aryl methyl sites for hydroxylation is 1. The minimum Gasteiger partial charge on any atom is -0.469 e. The Morgan fingerprint density at radius 1 is 1.31 bits per heavy atom. The van der Waals surface area contributed by atoms with Crippen molar-refractivity contribution < 1.29 is 9.21 Å². The molecule has 0 aliphatic rings. The molecule has 0 saturated carbocycles. The molecule has 0 atom stereocenters. The zero-order valence-electron chi connectivity index (χ0n) is 8.87.